The number of hydrogen-bond donors (Lipinski definition) is 2. The molecule has 0 aromatic carbocycles. The molecule has 20 heavy (non-hydrogen) atoms. The highest BCUT2D eigenvalue weighted by Gasteiger charge is 2.29. The molecule has 0 aliphatic carbocycles. The third-order valence-electron chi connectivity index (χ3n) is 3.53. The van der Waals surface area contributed by atoms with E-state index < -0.39 is 0 Å². The van der Waals surface area contributed by atoms with E-state index in [4.69, 9.17) is 5.73 Å². The van der Waals surface area contributed by atoms with E-state index in [2.05, 4.69) is 20.2 Å². The number of hydrogen-bond acceptors (Lipinski definition) is 6. The summed E-state index contributed by atoms with van der Waals surface area (Å²) in [7, 11) is 0. The first-order chi connectivity index (χ1) is 9.69. The Morgan fingerprint density at radius 2 is 2.45 bits per heavy atom. The molecule has 1 fully saturated rings. The number of nitrogens with one attached hydrogen (secondary N) is 1. The molecule has 2 aromatic heterocycles. The van der Waals surface area contributed by atoms with E-state index in [-0.39, 0.29) is 11.8 Å². The largest absolute Gasteiger partial charge is 0.369 e. The second-order valence-electron chi connectivity index (χ2n) is 4.87. The fraction of sp³-hybridized carbons (Fsp3) is 0.462. The molecule has 1 saturated heterocycles. The van der Waals surface area contributed by atoms with Crippen LogP contribution in [0.1, 0.15) is 13.3 Å². The molecule has 3 N–H and O–H groups in total. The van der Waals surface area contributed by atoms with Crippen LogP contribution in [0.5, 0.6) is 0 Å². The molecular formula is C13H17N5OS. The van der Waals surface area contributed by atoms with Crippen LogP contribution in [0.25, 0.3) is 10.2 Å². The zero-order chi connectivity index (χ0) is 14.1. The van der Waals surface area contributed by atoms with Crippen molar-refractivity contribution in [2.24, 2.45) is 11.7 Å². The number of aromatic nitrogens is 2. The maximum absolute atomic E-state index is 11.3. The average molecular weight is 291 g/mol. The summed E-state index contributed by atoms with van der Waals surface area (Å²) in [5.41, 5.74) is 5.40. The number of carbonyl (C=O) groups excluding carboxylic acids is 1. The topological polar surface area (TPSA) is 84.1 Å². The van der Waals surface area contributed by atoms with Crippen LogP contribution < -0.4 is 16.0 Å². The molecule has 1 amide bonds. The van der Waals surface area contributed by atoms with E-state index in [1.54, 1.807) is 11.3 Å². The number of anilines is 2. The molecule has 1 atom stereocenters. The minimum Gasteiger partial charge on any atom is -0.369 e. The van der Waals surface area contributed by atoms with E-state index in [9.17, 15) is 4.79 Å². The molecule has 2 aromatic rings. The smallest absolute Gasteiger partial charge is 0.226 e. The summed E-state index contributed by atoms with van der Waals surface area (Å²) in [6, 6.07) is 2.03. The molecule has 1 aliphatic heterocycles. The van der Waals surface area contributed by atoms with Gasteiger partial charge in [-0.25, -0.2) is 4.98 Å². The highest BCUT2D eigenvalue weighted by Crippen LogP contribution is 2.32. The van der Waals surface area contributed by atoms with Crippen molar-refractivity contribution >= 4 is 39.2 Å². The van der Waals surface area contributed by atoms with Crippen molar-refractivity contribution in [1.29, 1.82) is 0 Å². The van der Waals surface area contributed by atoms with E-state index in [0.29, 0.717) is 12.5 Å². The van der Waals surface area contributed by atoms with E-state index in [1.165, 1.54) is 0 Å². The lowest BCUT2D eigenvalue weighted by Crippen LogP contribution is -2.28. The van der Waals surface area contributed by atoms with Crippen LogP contribution in [-0.4, -0.2) is 35.5 Å². The van der Waals surface area contributed by atoms with Crippen molar-refractivity contribution in [3.63, 3.8) is 0 Å². The highest BCUT2D eigenvalue weighted by atomic mass is 32.1. The van der Waals surface area contributed by atoms with Gasteiger partial charge < -0.3 is 16.0 Å². The van der Waals surface area contributed by atoms with Gasteiger partial charge in [-0.3, -0.25) is 4.79 Å². The van der Waals surface area contributed by atoms with Crippen molar-refractivity contribution in [2.75, 3.05) is 29.9 Å². The minimum absolute atomic E-state index is 0.0822. The number of rotatable bonds is 4. The first kappa shape index (κ1) is 13.1. The van der Waals surface area contributed by atoms with Gasteiger partial charge in [-0.05, 0) is 24.8 Å². The maximum atomic E-state index is 11.3. The fourth-order valence-electron chi connectivity index (χ4n) is 2.50. The van der Waals surface area contributed by atoms with Crippen molar-refractivity contribution < 1.29 is 4.79 Å². The first-order valence-electron chi connectivity index (χ1n) is 6.72. The summed E-state index contributed by atoms with van der Waals surface area (Å²) < 4.78 is 0. The van der Waals surface area contributed by atoms with Crippen molar-refractivity contribution in [1.82, 2.24) is 9.97 Å². The van der Waals surface area contributed by atoms with Gasteiger partial charge in [0.05, 0.1) is 11.3 Å². The molecule has 0 radical (unpaired) electrons. The second kappa shape index (κ2) is 5.24. The van der Waals surface area contributed by atoms with Gasteiger partial charge in [0.1, 0.15) is 10.6 Å². The summed E-state index contributed by atoms with van der Waals surface area (Å²) in [5, 5.41) is 6.21. The van der Waals surface area contributed by atoms with Gasteiger partial charge in [0, 0.05) is 19.6 Å². The van der Waals surface area contributed by atoms with E-state index >= 15 is 0 Å². The van der Waals surface area contributed by atoms with Crippen molar-refractivity contribution in [2.45, 2.75) is 13.3 Å². The lowest BCUT2D eigenvalue weighted by Gasteiger charge is -2.18. The van der Waals surface area contributed by atoms with Crippen LogP contribution in [0.3, 0.4) is 0 Å². The summed E-state index contributed by atoms with van der Waals surface area (Å²) in [6.07, 6.45) is 0.793. The zero-order valence-corrected chi connectivity index (χ0v) is 12.1. The van der Waals surface area contributed by atoms with Crippen molar-refractivity contribution in [3.8, 4) is 0 Å². The molecule has 3 rings (SSSR count). The standard InChI is InChI=1S/C13H17N5OS/c1-2-15-13-16-11(9-4-6-20-12(9)17-13)18-5-3-8(7-18)10(14)19/h4,6,8H,2-3,5,7H2,1H3,(H2,14,19)(H,15,16,17). The Bertz CT molecular complexity index is 641. The Hall–Kier alpha value is -1.89. The van der Waals surface area contributed by atoms with Gasteiger partial charge in [0.25, 0.3) is 0 Å². The van der Waals surface area contributed by atoms with Crippen LogP contribution in [0.2, 0.25) is 0 Å². The molecule has 106 valence electrons. The molecule has 1 aliphatic rings. The lowest BCUT2D eigenvalue weighted by atomic mass is 10.1. The molecule has 1 unspecified atom stereocenters. The van der Waals surface area contributed by atoms with E-state index in [0.717, 1.165) is 35.5 Å². The molecule has 7 heteroatoms. The Labute approximate surface area is 121 Å². The van der Waals surface area contributed by atoms with Crippen LogP contribution in [0.4, 0.5) is 11.8 Å². The highest BCUT2D eigenvalue weighted by molar-refractivity contribution is 7.16. The van der Waals surface area contributed by atoms with Gasteiger partial charge >= 0.3 is 0 Å². The second-order valence-corrected chi connectivity index (χ2v) is 5.77. The summed E-state index contributed by atoms with van der Waals surface area (Å²) in [4.78, 5) is 23.5. The molecule has 0 saturated carbocycles. The number of nitrogens with two attached hydrogens (primary N) is 1. The predicted octanol–water partition coefficient (Wildman–Crippen LogP) is 1.43. The Morgan fingerprint density at radius 1 is 1.60 bits per heavy atom. The van der Waals surface area contributed by atoms with Gasteiger partial charge in [0.2, 0.25) is 11.9 Å². The number of thiophene rings is 1. The third-order valence-corrected chi connectivity index (χ3v) is 4.34. The number of fused-ring (bicyclic) bond motifs is 1. The fourth-order valence-corrected chi connectivity index (χ4v) is 3.26. The van der Waals surface area contributed by atoms with Crippen LogP contribution in [0, 0.1) is 5.92 Å². The SMILES string of the molecule is CCNc1nc(N2CCC(C(N)=O)C2)c2ccsc2n1. The van der Waals surface area contributed by atoms with Gasteiger partial charge in [-0.1, -0.05) is 0 Å². The monoisotopic (exact) mass is 291 g/mol. The molecule has 6 nitrogen and oxygen atoms in total. The lowest BCUT2D eigenvalue weighted by molar-refractivity contribution is -0.121. The quantitative estimate of drug-likeness (QED) is 0.890. The molecule has 0 spiro atoms. The Morgan fingerprint density at radius 3 is 3.15 bits per heavy atom. The molecular weight excluding hydrogens is 274 g/mol. The normalized spacial score (nSPS) is 18.6. The first-order valence-corrected chi connectivity index (χ1v) is 7.60. The van der Waals surface area contributed by atoms with Crippen molar-refractivity contribution in [3.05, 3.63) is 11.4 Å². The van der Waals surface area contributed by atoms with Crippen LogP contribution in [-0.2, 0) is 4.79 Å². The summed E-state index contributed by atoms with van der Waals surface area (Å²) in [5.74, 6) is 1.23. The van der Waals surface area contributed by atoms with E-state index in [1.807, 2.05) is 18.4 Å². The number of nitrogens with zero attached hydrogens (tertiary/aromatic N) is 3. The van der Waals surface area contributed by atoms with Gasteiger partial charge in [0.15, 0.2) is 0 Å². The third kappa shape index (κ3) is 2.29. The minimum atomic E-state index is -0.227. The van der Waals surface area contributed by atoms with Gasteiger partial charge in [-0.15, -0.1) is 11.3 Å². The number of carbonyl (C=O) groups is 1. The average Bonchev–Trinajstić information content (AvgIpc) is 3.07. The van der Waals surface area contributed by atoms with Gasteiger partial charge in [-0.2, -0.15) is 4.98 Å². The Kier molecular flexibility index (Phi) is 3.43. The maximum Gasteiger partial charge on any atom is 0.226 e. The number of primary amides is 1. The predicted molar refractivity (Wildman–Crippen MR) is 81.1 cm³/mol. The van der Waals surface area contributed by atoms with Crippen LogP contribution >= 0.6 is 11.3 Å². The number of amides is 1. The summed E-state index contributed by atoms with van der Waals surface area (Å²) >= 11 is 1.60. The summed E-state index contributed by atoms with van der Waals surface area (Å²) in [6.45, 7) is 4.24. The molecule has 0 bridgehead atoms. The van der Waals surface area contributed by atoms with Crippen LogP contribution in [0.15, 0.2) is 11.4 Å². The Balaban J connectivity index is 1.97. The zero-order valence-electron chi connectivity index (χ0n) is 11.3. The molecule has 3 heterocycles.